The molecule has 3 rings (SSSR count). The Kier molecular flexibility index (Phi) is 11.5. The average molecular weight is 562 g/mol. The first-order valence-electron chi connectivity index (χ1n) is 13.6. The van der Waals surface area contributed by atoms with E-state index in [9.17, 15) is 18.0 Å². The van der Waals surface area contributed by atoms with Crippen LogP contribution in [0.2, 0.25) is 5.02 Å². The van der Waals surface area contributed by atoms with Crippen LogP contribution >= 0.6 is 11.6 Å². The van der Waals surface area contributed by atoms with Crippen molar-refractivity contribution in [3.63, 3.8) is 0 Å². The van der Waals surface area contributed by atoms with E-state index in [4.69, 9.17) is 11.6 Å². The second-order valence-corrected chi connectivity index (χ2v) is 12.3. The van der Waals surface area contributed by atoms with Crippen LogP contribution in [0.1, 0.15) is 63.9 Å². The van der Waals surface area contributed by atoms with Crippen molar-refractivity contribution in [2.24, 2.45) is 0 Å². The minimum atomic E-state index is -3.54. The van der Waals surface area contributed by atoms with Gasteiger partial charge in [-0.2, -0.15) is 0 Å². The maximum atomic E-state index is 13.5. The molecule has 0 radical (unpaired) electrons. The van der Waals surface area contributed by atoms with Crippen LogP contribution in [0.3, 0.4) is 0 Å². The summed E-state index contributed by atoms with van der Waals surface area (Å²) in [4.78, 5) is 28.5. The van der Waals surface area contributed by atoms with E-state index in [0.29, 0.717) is 36.5 Å². The zero-order valence-corrected chi connectivity index (χ0v) is 24.0. The second-order valence-electron chi connectivity index (χ2n) is 10.0. The van der Waals surface area contributed by atoms with Crippen molar-refractivity contribution in [2.45, 2.75) is 76.8 Å². The number of nitrogens with zero attached hydrogens (tertiary/aromatic N) is 2. The Bertz CT molecular complexity index is 1140. The van der Waals surface area contributed by atoms with Gasteiger partial charge in [-0.1, -0.05) is 68.1 Å². The third-order valence-corrected chi connectivity index (χ3v) is 8.53. The maximum absolute atomic E-state index is 13.5. The molecule has 1 aliphatic carbocycles. The fraction of sp³-hybridized carbons (Fsp3) is 0.517. The number of nitrogens with one attached hydrogen (secondary N) is 1. The third kappa shape index (κ3) is 9.02. The quantitative estimate of drug-likeness (QED) is 0.365. The molecule has 0 bridgehead atoms. The number of halogens is 1. The Morgan fingerprint density at radius 1 is 1.00 bits per heavy atom. The molecule has 1 N–H and O–H groups in total. The highest BCUT2D eigenvalue weighted by Gasteiger charge is 2.30. The summed E-state index contributed by atoms with van der Waals surface area (Å²) in [6, 6.07) is 16.1. The van der Waals surface area contributed by atoms with E-state index in [0.717, 1.165) is 37.5 Å². The summed E-state index contributed by atoms with van der Waals surface area (Å²) in [5, 5.41) is 3.71. The molecule has 2 aromatic carbocycles. The maximum Gasteiger partial charge on any atom is 0.243 e. The molecule has 2 aromatic rings. The Morgan fingerprint density at radius 3 is 2.26 bits per heavy atom. The van der Waals surface area contributed by atoms with Gasteiger partial charge in [0.05, 0.1) is 11.9 Å². The highest BCUT2D eigenvalue weighted by Crippen LogP contribution is 2.22. The van der Waals surface area contributed by atoms with Crippen LogP contribution in [-0.2, 0) is 26.0 Å². The fourth-order valence-electron chi connectivity index (χ4n) is 5.05. The highest BCUT2D eigenvalue weighted by atomic mass is 35.5. The molecule has 0 aliphatic heterocycles. The first kappa shape index (κ1) is 30.0. The first-order chi connectivity index (χ1) is 18.2. The SMILES string of the molecule is CC[C@@H](C(=O)NC1CCCCC1)N(CCc1ccccc1)C(=O)CCCN(c1ccc(Cl)cc1)S(C)(=O)=O. The van der Waals surface area contributed by atoms with Crippen molar-refractivity contribution >= 4 is 39.1 Å². The predicted molar refractivity (Wildman–Crippen MR) is 154 cm³/mol. The molecule has 7 nitrogen and oxygen atoms in total. The molecule has 1 atom stereocenters. The lowest BCUT2D eigenvalue weighted by atomic mass is 9.95. The standard InChI is InChI=1S/C29H40ClN3O4S/c1-3-27(29(35)31-25-13-8-5-9-14-25)32(22-20-23-11-6-4-7-12-23)28(34)15-10-21-33(38(2,36)37)26-18-16-24(30)17-19-26/h4,6-7,11-12,16-19,25,27H,3,5,8-10,13-15,20-22H2,1-2H3,(H,31,35)/t27-/m0/s1. The van der Waals surface area contributed by atoms with Crippen LogP contribution in [0.15, 0.2) is 54.6 Å². The van der Waals surface area contributed by atoms with Gasteiger partial charge in [-0.05, 0) is 61.9 Å². The first-order valence-corrected chi connectivity index (χ1v) is 15.8. The van der Waals surface area contributed by atoms with E-state index in [1.807, 2.05) is 37.3 Å². The van der Waals surface area contributed by atoms with E-state index >= 15 is 0 Å². The zero-order chi connectivity index (χ0) is 27.5. The summed E-state index contributed by atoms with van der Waals surface area (Å²) < 4.78 is 26.2. The summed E-state index contributed by atoms with van der Waals surface area (Å²) in [6.07, 6.45) is 8.16. The second kappa shape index (κ2) is 14.5. The van der Waals surface area contributed by atoms with Gasteiger partial charge in [0.25, 0.3) is 0 Å². The van der Waals surface area contributed by atoms with E-state index in [2.05, 4.69) is 5.32 Å². The molecule has 0 aromatic heterocycles. The third-order valence-electron chi connectivity index (χ3n) is 7.09. The van der Waals surface area contributed by atoms with Crippen LogP contribution < -0.4 is 9.62 Å². The number of sulfonamides is 1. The van der Waals surface area contributed by atoms with Gasteiger partial charge >= 0.3 is 0 Å². The van der Waals surface area contributed by atoms with Crippen LogP contribution in [0.4, 0.5) is 5.69 Å². The van der Waals surface area contributed by atoms with Gasteiger partial charge in [-0.3, -0.25) is 13.9 Å². The number of amides is 2. The zero-order valence-electron chi connectivity index (χ0n) is 22.4. The molecule has 0 saturated heterocycles. The predicted octanol–water partition coefficient (Wildman–Crippen LogP) is 5.19. The topological polar surface area (TPSA) is 86.8 Å². The van der Waals surface area contributed by atoms with Gasteiger partial charge in [-0.25, -0.2) is 8.42 Å². The fourth-order valence-corrected chi connectivity index (χ4v) is 6.14. The molecule has 1 aliphatic rings. The number of anilines is 1. The van der Waals surface area contributed by atoms with E-state index in [-0.39, 0.29) is 30.8 Å². The Labute approximate surface area is 232 Å². The Balaban J connectivity index is 1.70. The lowest BCUT2D eigenvalue weighted by Crippen LogP contribution is -2.52. The van der Waals surface area contributed by atoms with Gasteiger partial charge in [-0.15, -0.1) is 0 Å². The molecule has 1 saturated carbocycles. The van der Waals surface area contributed by atoms with E-state index in [1.54, 1.807) is 29.2 Å². The van der Waals surface area contributed by atoms with E-state index in [1.165, 1.54) is 10.7 Å². The molecular formula is C29H40ClN3O4S. The monoisotopic (exact) mass is 561 g/mol. The van der Waals surface area contributed by atoms with E-state index < -0.39 is 16.1 Å². The van der Waals surface area contributed by atoms with Crippen molar-refractivity contribution < 1.29 is 18.0 Å². The van der Waals surface area contributed by atoms with Crippen molar-refractivity contribution in [1.82, 2.24) is 10.2 Å². The molecule has 0 unspecified atom stereocenters. The van der Waals surface area contributed by atoms with Crippen molar-refractivity contribution in [3.8, 4) is 0 Å². The summed E-state index contributed by atoms with van der Waals surface area (Å²) in [5.74, 6) is -0.240. The normalized spacial score (nSPS) is 15.0. The summed E-state index contributed by atoms with van der Waals surface area (Å²) in [6.45, 7) is 2.51. The van der Waals surface area contributed by atoms with Crippen molar-refractivity contribution in [1.29, 1.82) is 0 Å². The molecular weight excluding hydrogens is 522 g/mol. The van der Waals surface area contributed by atoms with Gasteiger partial charge in [0.1, 0.15) is 6.04 Å². The molecule has 0 spiro atoms. The Hall–Kier alpha value is -2.58. The summed E-state index contributed by atoms with van der Waals surface area (Å²) in [5.41, 5.74) is 1.60. The molecule has 208 valence electrons. The van der Waals surface area contributed by atoms with Crippen LogP contribution in [-0.4, -0.2) is 56.6 Å². The molecule has 9 heteroatoms. The average Bonchev–Trinajstić information content (AvgIpc) is 2.90. The van der Waals surface area contributed by atoms with Crippen LogP contribution in [0, 0.1) is 0 Å². The lowest BCUT2D eigenvalue weighted by Gasteiger charge is -2.33. The highest BCUT2D eigenvalue weighted by molar-refractivity contribution is 7.92. The van der Waals surface area contributed by atoms with Gasteiger partial charge in [0.2, 0.25) is 21.8 Å². The van der Waals surface area contributed by atoms with Gasteiger partial charge in [0, 0.05) is 30.6 Å². The minimum absolute atomic E-state index is 0.0975. The number of carbonyl (C=O) groups excluding carboxylic acids is 2. The molecule has 2 amide bonds. The largest absolute Gasteiger partial charge is 0.352 e. The summed E-state index contributed by atoms with van der Waals surface area (Å²) >= 11 is 5.96. The number of hydrogen-bond donors (Lipinski definition) is 1. The van der Waals surface area contributed by atoms with Crippen molar-refractivity contribution in [3.05, 3.63) is 65.2 Å². The smallest absolute Gasteiger partial charge is 0.243 e. The molecule has 0 heterocycles. The number of rotatable bonds is 13. The van der Waals surface area contributed by atoms with Gasteiger partial charge < -0.3 is 10.2 Å². The molecule has 38 heavy (non-hydrogen) atoms. The Morgan fingerprint density at radius 2 is 1.66 bits per heavy atom. The van der Waals surface area contributed by atoms with Crippen LogP contribution in [0.5, 0.6) is 0 Å². The van der Waals surface area contributed by atoms with Crippen molar-refractivity contribution in [2.75, 3.05) is 23.7 Å². The lowest BCUT2D eigenvalue weighted by molar-refractivity contribution is -0.141. The minimum Gasteiger partial charge on any atom is -0.352 e. The number of hydrogen-bond acceptors (Lipinski definition) is 4. The molecule has 1 fully saturated rings. The van der Waals surface area contributed by atoms with Gasteiger partial charge in [0.15, 0.2) is 0 Å². The van der Waals surface area contributed by atoms with Crippen LogP contribution in [0.25, 0.3) is 0 Å². The number of carbonyl (C=O) groups is 2. The summed E-state index contributed by atoms with van der Waals surface area (Å²) in [7, 11) is -3.54. The number of benzene rings is 2.